The van der Waals surface area contributed by atoms with Gasteiger partial charge < -0.3 is 34.5 Å². The molecule has 2 saturated heterocycles. The van der Waals surface area contributed by atoms with E-state index in [-0.39, 0.29) is 12.5 Å². The van der Waals surface area contributed by atoms with Crippen LogP contribution in [0.25, 0.3) is 10.8 Å². The number of ether oxygens (including phenoxy) is 1. The second-order valence-corrected chi connectivity index (χ2v) is 10.8. The molecule has 5 rings (SSSR count). The summed E-state index contributed by atoms with van der Waals surface area (Å²) in [6.07, 6.45) is 1.12. The van der Waals surface area contributed by atoms with Gasteiger partial charge in [0.15, 0.2) is 6.61 Å². The number of fused-ring (bicyclic) bond motifs is 1. The number of hydrogen-bond acceptors (Lipinski definition) is 7. The van der Waals surface area contributed by atoms with Crippen LogP contribution in [0, 0.1) is 13.8 Å². The summed E-state index contributed by atoms with van der Waals surface area (Å²) in [7, 11) is 2.16. The Hall–Kier alpha value is -4.57. The van der Waals surface area contributed by atoms with Crippen molar-refractivity contribution in [3.63, 3.8) is 0 Å². The van der Waals surface area contributed by atoms with E-state index in [9.17, 15) is 14.4 Å². The Kier molecular flexibility index (Phi) is 10.6. The zero-order chi connectivity index (χ0) is 30.9. The third-order valence-electron chi connectivity index (χ3n) is 7.94. The number of piperazine rings is 2. The zero-order valence-electron chi connectivity index (χ0n) is 25.0. The standard InChI is InChI=1S/C29H36N4O2.C4H4O4/c1-22-7-6-10-26(23(22)2)31-15-17-33(18-16-31)29(34)21-35-28-20-25-9-5-4-8-24(25)19-27(28)32-13-11-30(3)12-14-32;5-3(6)1-2-4(7)8/h4-10,19-20H,11-18,21H2,1-3H3;1-2H,(H,5,6)(H,7,8)/b;2-1+. The van der Waals surface area contributed by atoms with Crippen LogP contribution in [0.4, 0.5) is 11.4 Å². The van der Waals surface area contributed by atoms with Crippen LogP contribution >= 0.6 is 0 Å². The van der Waals surface area contributed by atoms with E-state index in [4.69, 9.17) is 14.9 Å². The molecule has 2 aliphatic rings. The van der Waals surface area contributed by atoms with Gasteiger partial charge in [-0.15, -0.1) is 0 Å². The number of hydrogen-bond donors (Lipinski definition) is 2. The second kappa shape index (κ2) is 14.6. The van der Waals surface area contributed by atoms with Crippen LogP contribution in [0.1, 0.15) is 11.1 Å². The van der Waals surface area contributed by atoms with Gasteiger partial charge in [0.25, 0.3) is 5.91 Å². The van der Waals surface area contributed by atoms with Gasteiger partial charge >= 0.3 is 11.9 Å². The highest BCUT2D eigenvalue weighted by molar-refractivity contribution is 5.90. The molecule has 0 saturated carbocycles. The minimum Gasteiger partial charge on any atom is -0.482 e. The van der Waals surface area contributed by atoms with Gasteiger partial charge in [-0.05, 0) is 61.0 Å². The topological polar surface area (TPSA) is 114 Å². The van der Waals surface area contributed by atoms with Gasteiger partial charge in [-0.25, -0.2) is 9.59 Å². The molecule has 10 heteroatoms. The van der Waals surface area contributed by atoms with Gasteiger partial charge in [-0.2, -0.15) is 0 Å². The summed E-state index contributed by atoms with van der Waals surface area (Å²) in [4.78, 5) is 41.3. The lowest BCUT2D eigenvalue weighted by Crippen LogP contribution is -2.50. The molecule has 2 N–H and O–H groups in total. The summed E-state index contributed by atoms with van der Waals surface area (Å²) < 4.78 is 6.23. The molecule has 0 unspecified atom stereocenters. The quantitative estimate of drug-likeness (QED) is 0.399. The number of benzene rings is 3. The number of amides is 1. The second-order valence-electron chi connectivity index (χ2n) is 10.8. The van der Waals surface area contributed by atoms with Crippen LogP contribution in [-0.4, -0.2) is 104 Å². The molecule has 0 atom stereocenters. The van der Waals surface area contributed by atoms with E-state index >= 15 is 0 Å². The van der Waals surface area contributed by atoms with E-state index in [1.165, 1.54) is 22.2 Å². The van der Waals surface area contributed by atoms with Crippen molar-refractivity contribution in [1.82, 2.24) is 9.80 Å². The Morgan fingerprint density at radius 3 is 1.91 bits per heavy atom. The van der Waals surface area contributed by atoms with Gasteiger partial charge in [-0.3, -0.25) is 4.79 Å². The molecule has 0 aromatic heterocycles. The Morgan fingerprint density at radius 1 is 0.744 bits per heavy atom. The van der Waals surface area contributed by atoms with Crippen LogP contribution in [0.2, 0.25) is 0 Å². The van der Waals surface area contributed by atoms with Crippen molar-refractivity contribution >= 4 is 40.0 Å². The van der Waals surface area contributed by atoms with Crippen LogP contribution in [0.3, 0.4) is 0 Å². The number of carbonyl (C=O) groups is 3. The highest BCUT2D eigenvalue weighted by Crippen LogP contribution is 2.34. The molecule has 2 fully saturated rings. The number of carbonyl (C=O) groups excluding carboxylic acids is 1. The minimum atomic E-state index is -1.26. The van der Waals surface area contributed by atoms with Crippen molar-refractivity contribution in [1.29, 1.82) is 0 Å². The van der Waals surface area contributed by atoms with Crippen LogP contribution < -0.4 is 14.5 Å². The normalized spacial score (nSPS) is 15.7. The van der Waals surface area contributed by atoms with Gasteiger partial charge in [0.05, 0.1) is 5.69 Å². The summed E-state index contributed by atoms with van der Waals surface area (Å²) in [6.45, 7) is 11.5. The molecule has 2 aliphatic heterocycles. The molecular weight excluding hydrogens is 548 g/mol. The highest BCUT2D eigenvalue weighted by atomic mass is 16.5. The van der Waals surface area contributed by atoms with Crippen molar-refractivity contribution in [2.45, 2.75) is 13.8 Å². The van der Waals surface area contributed by atoms with Crippen molar-refractivity contribution in [3.8, 4) is 5.75 Å². The Bertz CT molecular complexity index is 1460. The first-order chi connectivity index (χ1) is 20.6. The lowest BCUT2D eigenvalue weighted by Gasteiger charge is -2.37. The highest BCUT2D eigenvalue weighted by Gasteiger charge is 2.24. The lowest BCUT2D eigenvalue weighted by atomic mass is 10.1. The first kappa shape index (κ1) is 31.4. The largest absolute Gasteiger partial charge is 0.482 e. The SMILES string of the molecule is Cc1cccc(N2CCN(C(=O)COc3cc4ccccc4cc3N3CCN(C)CC3)CC2)c1C.O=C(O)/C=C/C(=O)O. The van der Waals surface area contributed by atoms with Crippen molar-refractivity contribution in [2.75, 3.05) is 75.8 Å². The third kappa shape index (κ3) is 8.48. The lowest BCUT2D eigenvalue weighted by molar-refractivity contribution is -0.134. The monoisotopic (exact) mass is 588 g/mol. The van der Waals surface area contributed by atoms with Gasteiger partial charge in [0.1, 0.15) is 5.75 Å². The molecule has 2 heterocycles. The maximum absolute atomic E-state index is 13.1. The summed E-state index contributed by atoms with van der Waals surface area (Å²) in [6, 6.07) is 19.1. The molecule has 228 valence electrons. The molecule has 0 spiro atoms. The van der Waals surface area contributed by atoms with E-state index in [0.717, 1.165) is 69.2 Å². The predicted molar refractivity (Wildman–Crippen MR) is 168 cm³/mol. The number of aliphatic carboxylic acids is 2. The summed E-state index contributed by atoms with van der Waals surface area (Å²) in [5.41, 5.74) is 5.00. The van der Waals surface area contributed by atoms with Crippen molar-refractivity contribution in [2.24, 2.45) is 0 Å². The Balaban J connectivity index is 0.000000467. The molecule has 0 aliphatic carbocycles. The van der Waals surface area contributed by atoms with Crippen LogP contribution in [0.5, 0.6) is 5.75 Å². The molecule has 0 bridgehead atoms. The fraction of sp³-hybridized carbons (Fsp3) is 0.364. The summed E-state index contributed by atoms with van der Waals surface area (Å²) >= 11 is 0. The van der Waals surface area contributed by atoms with E-state index in [2.05, 4.69) is 84.1 Å². The summed E-state index contributed by atoms with van der Waals surface area (Å²) in [5.74, 6) is -1.65. The molecule has 1 amide bonds. The van der Waals surface area contributed by atoms with Gasteiger partial charge in [0.2, 0.25) is 0 Å². The molecule has 0 radical (unpaired) electrons. The molecular formula is C33H40N4O6. The third-order valence-corrected chi connectivity index (χ3v) is 7.94. The van der Waals surface area contributed by atoms with E-state index in [1.54, 1.807) is 0 Å². The van der Waals surface area contributed by atoms with E-state index in [1.807, 2.05) is 11.0 Å². The smallest absolute Gasteiger partial charge is 0.328 e. The zero-order valence-corrected chi connectivity index (χ0v) is 25.0. The number of rotatable bonds is 7. The first-order valence-electron chi connectivity index (χ1n) is 14.4. The minimum absolute atomic E-state index is 0.0584. The average Bonchev–Trinajstić information content (AvgIpc) is 3.00. The van der Waals surface area contributed by atoms with E-state index < -0.39 is 11.9 Å². The fourth-order valence-corrected chi connectivity index (χ4v) is 5.27. The first-order valence-corrected chi connectivity index (χ1v) is 14.4. The predicted octanol–water partition coefficient (Wildman–Crippen LogP) is 3.65. The number of likely N-dealkylation sites (N-methyl/N-ethyl adjacent to an activating group) is 1. The number of aryl methyl sites for hydroxylation is 1. The van der Waals surface area contributed by atoms with E-state index in [0.29, 0.717) is 12.2 Å². The Labute approximate surface area is 252 Å². The fourth-order valence-electron chi connectivity index (χ4n) is 5.27. The molecule has 3 aromatic carbocycles. The van der Waals surface area contributed by atoms with Crippen LogP contribution in [-0.2, 0) is 14.4 Å². The number of nitrogens with zero attached hydrogens (tertiary/aromatic N) is 4. The number of anilines is 2. The van der Waals surface area contributed by atoms with Crippen LogP contribution in [0.15, 0.2) is 66.7 Å². The number of carboxylic acids is 2. The number of carboxylic acid groups (broad SMARTS) is 2. The van der Waals surface area contributed by atoms with Gasteiger partial charge in [0, 0.05) is 70.2 Å². The Morgan fingerprint density at radius 2 is 1.30 bits per heavy atom. The molecule has 10 nitrogen and oxygen atoms in total. The maximum atomic E-state index is 13.1. The van der Waals surface area contributed by atoms with Gasteiger partial charge in [-0.1, -0.05) is 36.4 Å². The van der Waals surface area contributed by atoms with Crippen molar-refractivity contribution in [3.05, 3.63) is 77.9 Å². The molecule has 3 aromatic rings. The summed E-state index contributed by atoms with van der Waals surface area (Å²) in [5, 5.41) is 18.0. The maximum Gasteiger partial charge on any atom is 0.328 e. The van der Waals surface area contributed by atoms with Crippen molar-refractivity contribution < 1.29 is 29.3 Å². The molecule has 43 heavy (non-hydrogen) atoms. The average molecular weight is 589 g/mol.